The quantitative estimate of drug-likeness (QED) is 0.745. The van der Waals surface area contributed by atoms with Gasteiger partial charge in [-0.1, -0.05) is 36.7 Å². The van der Waals surface area contributed by atoms with Gasteiger partial charge in [-0.05, 0) is 37.9 Å². The maximum Gasteiger partial charge on any atom is 0.314 e. The Kier molecular flexibility index (Phi) is 7.15. The molecule has 1 aliphatic heterocycles. The molecule has 6 heteroatoms. The molecule has 1 heterocycles. The van der Waals surface area contributed by atoms with E-state index in [1.165, 1.54) is 6.42 Å². The molecule has 23 heavy (non-hydrogen) atoms. The van der Waals surface area contributed by atoms with Gasteiger partial charge in [0.1, 0.15) is 0 Å². The van der Waals surface area contributed by atoms with Gasteiger partial charge in [0.05, 0.1) is 6.10 Å². The third kappa shape index (κ3) is 5.68. The van der Waals surface area contributed by atoms with Crippen molar-refractivity contribution in [1.29, 1.82) is 0 Å². The number of nitrogens with one attached hydrogen (secondary N) is 2. The molecule has 0 aromatic heterocycles. The van der Waals surface area contributed by atoms with Crippen molar-refractivity contribution in [2.75, 3.05) is 32.7 Å². The van der Waals surface area contributed by atoms with Crippen molar-refractivity contribution in [3.63, 3.8) is 0 Å². The summed E-state index contributed by atoms with van der Waals surface area (Å²) in [6.45, 7) is 6.24. The van der Waals surface area contributed by atoms with Crippen molar-refractivity contribution >= 4 is 17.6 Å². The molecule has 2 unspecified atom stereocenters. The number of urea groups is 1. The molecule has 2 atom stereocenters. The van der Waals surface area contributed by atoms with Crippen LogP contribution in [0.4, 0.5) is 4.79 Å². The number of likely N-dealkylation sites (tertiary alicyclic amines) is 1. The lowest BCUT2D eigenvalue weighted by atomic mass is 9.98. The summed E-state index contributed by atoms with van der Waals surface area (Å²) >= 11 is 6.03. The molecule has 1 fully saturated rings. The molecule has 5 nitrogen and oxygen atoms in total. The molecular formula is C17H26ClN3O2. The van der Waals surface area contributed by atoms with Crippen LogP contribution in [0.15, 0.2) is 24.3 Å². The number of hydrogen-bond donors (Lipinski definition) is 3. The molecule has 0 bridgehead atoms. The fourth-order valence-electron chi connectivity index (χ4n) is 2.95. The summed E-state index contributed by atoms with van der Waals surface area (Å²) < 4.78 is 0. The number of carbonyl (C=O) groups is 1. The van der Waals surface area contributed by atoms with Gasteiger partial charge in [-0.25, -0.2) is 4.79 Å². The van der Waals surface area contributed by atoms with E-state index in [4.69, 9.17) is 11.6 Å². The normalized spacial score (nSPS) is 20.0. The number of carbonyl (C=O) groups excluding carboxylic acids is 1. The molecule has 0 saturated carbocycles. The Hall–Kier alpha value is -1.30. The van der Waals surface area contributed by atoms with Gasteiger partial charge in [0.25, 0.3) is 0 Å². The Bertz CT molecular complexity index is 512. The van der Waals surface area contributed by atoms with E-state index < -0.39 is 6.10 Å². The van der Waals surface area contributed by atoms with Gasteiger partial charge >= 0.3 is 6.03 Å². The van der Waals surface area contributed by atoms with Gasteiger partial charge < -0.3 is 20.6 Å². The Morgan fingerprint density at radius 1 is 1.43 bits per heavy atom. The summed E-state index contributed by atoms with van der Waals surface area (Å²) in [5.74, 6) is 0.503. The maximum atomic E-state index is 11.9. The summed E-state index contributed by atoms with van der Waals surface area (Å²) in [7, 11) is 0. The van der Waals surface area contributed by atoms with Gasteiger partial charge in [0, 0.05) is 30.2 Å². The van der Waals surface area contributed by atoms with Crippen molar-refractivity contribution < 1.29 is 9.90 Å². The lowest BCUT2D eigenvalue weighted by Gasteiger charge is -2.31. The highest BCUT2D eigenvalue weighted by Gasteiger charge is 2.19. The second-order valence-corrected chi connectivity index (χ2v) is 6.44. The fourth-order valence-corrected chi connectivity index (χ4v) is 3.21. The van der Waals surface area contributed by atoms with Crippen molar-refractivity contribution in [3.8, 4) is 0 Å². The topological polar surface area (TPSA) is 64.6 Å². The predicted molar refractivity (Wildman–Crippen MR) is 92.7 cm³/mol. The number of aliphatic hydroxyl groups is 1. The van der Waals surface area contributed by atoms with E-state index in [1.54, 1.807) is 12.1 Å². The molecule has 0 spiro atoms. The monoisotopic (exact) mass is 339 g/mol. The first-order chi connectivity index (χ1) is 11.1. The second kappa shape index (κ2) is 9.11. The van der Waals surface area contributed by atoms with Crippen LogP contribution in [0.25, 0.3) is 0 Å². The average Bonchev–Trinajstić information content (AvgIpc) is 2.58. The average molecular weight is 340 g/mol. The van der Waals surface area contributed by atoms with Crippen LogP contribution in [0.1, 0.15) is 31.4 Å². The largest absolute Gasteiger partial charge is 0.387 e. The van der Waals surface area contributed by atoms with Crippen LogP contribution in [0.3, 0.4) is 0 Å². The Labute approximate surface area is 143 Å². The lowest BCUT2D eigenvalue weighted by Crippen LogP contribution is -2.44. The van der Waals surface area contributed by atoms with E-state index in [0.29, 0.717) is 23.0 Å². The Balaban J connectivity index is 1.70. The molecule has 2 amide bonds. The molecule has 128 valence electrons. The van der Waals surface area contributed by atoms with E-state index in [1.807, 2.05) is 12.1 Å². The van der Waals surface area contributed by atoms with Gasteiger partial charge in [-0.15, -0.1) is 0 Å². The molecule has 1 aromatic carbocycles. The van der Waals surface area contributed by atoms with E-state index >= 15 is 0 Å². The lowest BCUT2D eigenvalue weighted by molar-refractivity contribution is 0.168. The number of nitrogens with zero attached hydrogens (tertiary/aromatic N) is 1. The summed E-state index contributed by atoms with van der Waals surface area (Å²) in [4.78, 5) is 14.3. The SMILES string of the molecule is CCN1CCCC(CNC(=O)NCC(O)c2ccccc2Cl)C1. The van der Waals surface area contributed by atoms with E-state index in [0.717, 1.165) is 26.1 Å². The zero-order valence-corrected chi connectivity index (χ0v) is 14.4. The Morgan fingerprint density at radius 2 is 2.22 bits per heavy atom. The number of piperidine rings is 1. The van der Waals surface area contributed by atoms with E-state index in [2.05, 4.69) is 22.5 Å². The minimum Gasteiger partial charge on any atom is -0.387 e. The van der Waals surface area contributed by atoms with Crippen LogP contribution in [-0.2, 0) is 0 Å². The maximum absolute atomic E-state index is 11.9. The fraction of sp³-hybridized carbons (Fsp3) is 0.588. The van der Waals surface area contributed by atoms with Gasteiger partial charge in [0.2, 0.25) is 0 Å². The number of rotatable bonds is 6. The summed E-state index contributed by atoms with van der Waals surface area (Å²) in [6, 6.07) is 6.86. The molecule has 3 N–H and O–H groups in total. The van der Waals surface area contributed by atoms with E-state index in [9.17, 15) is 9.90 Å². The van der Waals surface area contributed by atoms with Crippen LogP contribution >= 0.6 is 11.6 Å². The van der Waals surface area contributed by atoms with Crippen molar-refractivity contribution in [2.45, 2.75) is 25.9 Å². The molecule has 1 aliphatic rings. The molecule has 2 rings (SSSR count). The standard InChI is InChI=1S/C17H26ClN3O2/c1-2-21-9-5-6-13(12-21)10-19-17(23)20-11-16(22)14-7-3-4-8-15(14)18/h3-4,7-8,13,16,22H,2,5-6,9-12H2,1H3,(H2,19,20,23). The minimum absolute atomic E-state index is 0.140. The van der Waals surface area contributed by atoms with Gasteiger partial charge in [-0.3, -0.25) is 0 Å². The van der Waals surface area contributed by atoms with Crippen LogP contribution in [0.2, 0.25) is 5.02 Å². The number of hydrogen-bond acceptors (Lipinski definition) is 3. The first kappa shape index (κ1) is 18.0. The minimum atomic E-state index is -0.806. The number of amides is 2. The van der Waals surface area contributed by atoms with Crippen LogP contribution in [0.5, 0.6) is 0 Å². The molecule has 0 radical (unpaired) electrons. The third-order valence-corrected chi connectivity index (χ3v) is 4.67. The zero-order valence-electron chi connectivity index (χ0n) is 13.6. The van der Waals surface area contributed by atoms with Crippen molar-refractivity contribution in [2.24, 2.45) is 5.92 Å². The number of benzene rings is 1. The molecule has 1 saturated heterocycles. The summed E-state index contributed by atoms with van der Waals surface area (Å²) in [6.07, 6.45) is 1.53. The highest BCUT2D eigenvalue weighted by Crippen LogP contribution is 2.21. The summed E-state index contributed by atoms with van der Waals surface area (Å²) in [5.41, 5.74) is 0.625. The van der Waals surface area contributed by atoms with Crippen LogP contribution in [0, 0.1) is 5.92 Å². The zero-order chi connectivity index (χ0) is 16.7. The first-order valence-electron chi connectivity index (χ1n) is 8.26. The van der Waals surface area contributed by atoms with Gasteiger partial charge in [-0.2, -0.15) is 0 Å². The number of aliphatic hydroxyl groups excluding tert-OH is 1. The van der Waals surface area contributed by atoms with Crippen molar-refractivity contribution in [3.05, 3.63) is 34.9 Å². The van der Waals surface area contributed by atoms with E-state index in [-0.39, 0.29) is 12.6 Å². The highest BCUT2D eigenvalue weighted by molar-refractivity contribution is 6.31. The highest BCUT2D eigenvalue weighted by atomic mass is 35.5. The molecule has 1 aromatic rings. The number of halogens is 1. The van der Waals surface area contributed by atoms with Crippen LogP contribution < -0.4 is 10.6 Å². The smallest absolute Gasteiger partial charge is 0.314 e. The van der Waals surface area contributed by atoms with Crippen molar-refractivity contribution in [1.82, 2.24) is 15.5 Å². The second-order valence-electron chi connectivity index (χ2n) is 6.03. The molecule has 0 aliphatic carbocycles. The third-order valence-electron chi connectivity index (χ3n) is 4.32. The molecular weight excluding hydrogens is 314 g/mol. The summed E-state index contributed by atoms with van der Waals surface area (Å²) in [5, 5.41) is 16.2. The van der Waals surface area contributed by atoms with Crippen LogP contribution in [-0.4, -0.2) is 48.8 Å². The van der Waals surface area contributed by atoms with Gasteiger partial charge in [0.15, 0.2) is 0 Å². The first-order valence-corrected chi connectivity index (χ1v) is 8.64. The Morgan fingerprint density at radius 3 is 2.96 bits per heavy atom. The predicted octanol–water partition coefficient (Wildman–Crippen LogP) is 2.40.